The number of aryl methyl sites for hydroxylation is 1. The molecule has 11 heteroatoms. The second-order valence-electron chi connectivity index (χ2n) is 7.21. The lowest BCUT2D eigenvalue weighted by molar-refractivity contribution is 0.312. The first-order valence-corrected chi connectivity index (χ1v) is 10.8. The number of aromatic nitrogens is 3. The van der Waals surface area contributed by atoms with E-state index in [0.29, 0.717) is 32.1 Å². The number of sulfonamides is 1. The second kappa shape index (κ2) is 7.64. The lowest BCUT2D eigenvalue weighted by Gasteiger charge is -2.35. The van der Waals surface area contributed by atoms with Gasteiger partial charge in [-0.3, -0.25) is 0 Å². The van der Waals surface area contributed by atoms with Crippen molar-refractivity contribution >= 4 is 21.8 Å². The minimum Gasteiger partial charge on any atom is -0.363 e. The Morgan fingerprint density at radius 2 is 1.64 bits per heavy atom. The molecule has 4 heterocycles. The summed E-state index contributed by atoms with van der Waals surface area (Å²) >= 11 is 0. The SMILES string of the molecule is Cc1cc(N2CCN(C)CC2)nc(N2CCN(S(=O)(=O)c3cnoc3)CC2)n1. The molecule has 2 aliphatic heterocycles. The van der Waals surface area contributed by atoms with E-state index in [1.165, 1.54) is 10.5 Å². The van der Waals surface area contributed by atoms with Crippen LogP contribution in [-0.4, -0.2) is 92.2 Å². The van der Waals surface area contributed by atoms with Crippen LogP contribution in [0.4, 0.5) is 11.8 Å². The van der Waals surface area contributed by atoms with Gasteiger partial charge in [0.1, 0.15) is 17.0 Å². The van der Waals surface area contributed by atoms with Crippen LogP contribution in [0, 0.1) is 6.92 Å². The summed E-state index contributed by atoms with van der Waals surface area (Å²) < 4.78 is 31.3. The molecule has 2 aromatic heterocycles. The van der Waals surface area contributed by atoms with Crippen LogP contribution in [0.15, 0.2) is 27.9 Å². The third-order valence-electron chi connectivity index (χ3n) is 5.23. The molecule has 2 fully saturated rings. The van der Waals surface area contributed by atoms with Crippen molar-refractivity contribution in [1.82, 2.24) is 24.3 Å². The summed E-state index contributed by atoms with van der Waals surface area (Å²) in [6.45, 7) is 7.69. The van der Waals surface area contributed by atoms with Crippen molar-refractivity contribution in [3.63, 3.8) is 0 Å². The van der Waals surface area contributed by atoms with Gasteiger partial charge in [0.2, 0.25) is 16.0 Å². The molecule has 0 aromatic carbocycles. The maximum absolute atomic E-state index is 12.6. The zero-order chi connectivity index (χ0) is 19.7. The van der Waals surface area contributed by atoms with Crippen LogP contribution in [0.5, 0.6) is 0 Å². The maximum Gasteiger partial charge on any atom is 0.248 e. The van der Waals surface area contributed by atoms with Crippen LogP contribution >= 0.6 is 0 Å². The van der Waals surface area contributed by atoms with E-state index in [4.69, 9.17) is 4.98 Å². The van der Waals surface area contributed by atoms with Crippen molar-refractivity contribution in [1.29, 1.82) is 0 Å². The van der Waals surface area contributed by atoms with Gasteiger partial charge in [0.05, 0.1) is 6.20 Å². The molecule has 2 saturated heterocycles. The van der Waals surface area contributed by atoms with Gasteiger partial charge in [-0.05, 0) is 14.0 Å². The molecule has 0 atom stereocenters. The van der Waals surface area contributed by atoms with Crippen molar-refractivity contribution in [3.05, 3.63) is 24.2 Å². The first-order chi connectivity index (χ1) is 13.4. The van der Waals surface area contributed by atoms with E-state index in [2.05, 4.69) is 31.5 Å². The molecular formula is C17H25N7O3S. The van der Waals surface area contributed by atoms with Gasteiger partial charge in [-0.25, -0.2) is 13.4 Å². The number of hydrogen-bond donors (Lipinski definition) is 0. The van der Waals surface area contributed by atoms with Crippen molar-refractivity contribution in [2.75, 3.05) is 69.2 Å². The fourth-order valence-electron chi connectivity index (χ4n) is 3.48. The Labute approximate surface area is 164 Å². The predicted molar refractivity (Wildman–Crippen MR) is 104 cm³/mol. The van der Waals surface area contributed by atoms with Gasteiger partial charge < -0.3 is 19.2 Å². The highest BCUT2D eigenvalue weighted by molar-refractivity contribution is 7.89. The molecule has 0 saturated carbocycles. The zero-order valence-corrected chi connectivity index (χ0v) is 17.0. The lowest BCUT2D eigenvalue weighted by atomic mass is 10.3. The van der Waals surface area contributed by atoms with Crippen LogP contribution < -0.4 is 9.80 Å². The summed E-state index contributed by atoms with van der Waals surface area (Å²) in [6, 6.07) is 2.02. The average Bonchev–Trinajstić information content (AvgIpc) is 3.24. The van der Waals surface area contributed by atoms with Gasteiger partial charge in [-0.1, -0.05) is 5.16 Å². The molecular weight excluding hydrogens is 382 g/mol. The van der Waals surface area contributed by atoms with Gasteiger partial charge in [0, 0.05) is 64.1 Å². The number of nitrogens with zero attached hydrogens (tertiary/aromatic N) is 7. The van der Waals surface area contributed by atoms with Crippen molar-refractivity contribution < 1.29 is 12.9 Å². The van der Waals surface area contributed by atoms with Crippen molar-refractivity contribution in [2.45, 2.75) is 11.8 Å². The molecule has 0 bridgehead atoms. The highest BCUT2D eigenvalue weighted by Gasteiger charge is 2.30. The third-order valence-corrected chi connectivity index (χ3v) is 7.07. The van der Waals surface area contributed by atoms with Gasteiger partial charge in [-0.15, -0.1) is 0 Å². The smallest absolute Gasteiger partial charge is 0.248 e. The van der Waals surface area contributed by atoms with Gasteiger partial charge in [-0.2, -0.15) is 9.29 Å². The average molecular weight is 408 g/mol. The number of hydrogen-bond acceptors (Lipinski definition) is 9. The van der Waals surface area contributed by atoms with E-state index < -0.39 is 10.0 Å². The standard InChI is InChI=1S/C17H25N7O3S/c1-14-11-16(22-5-3-21(2)4-6-22)20-17(19-14)23-7-9-24(10-8-23)28(25,26)15-12-18-27-13-15/h11-13H,3-10H2,1-2H3. The van der Waals surface area contributed by atoms with Gasteiger partial charge in [0.25, 0.3) is 0 Å². The zero-order valence-electron chi connectivity index (χ0n) is 16.2. The molecule has 2 aliphatic rings. The monoisotopic (exact) mass is 407 g/mol. The summed E-state index contributed by atoms with van der Waals surface area (Å²) in [7, 11) is -1.44. The first kappa shape index (κ1) is 19.1. The van der Waals surface area contributed by atoms with Gasteiger partial charge >= 0.3 is 0 Å². The fraction of sp³-hybridized carbons (Fsp3) is 0.588. The molecule has 4 rings (SSSR count). The Kier molecular flexibility index (Phi) is 5.21. The van der Waals surface area contributed by atoms with Crippen LogP contribution in [0.25, 0.3) is 0 Å². The van der Waals surface area contributed by atoms with E-state index in [1.54, 1.807) is 0 Å². The predicted octanol–water partition coefficient (Wildman–Crippen LogP) is 0.0357. The molecule has 0 unspecified atom stereocenters. The Hall–Kier alpha value is -2.24. The van der Waals surface area contributed by atoms with E-state index in [0.717, 1.165) is 44.0 Å². The summed E-state index contributed by atoms with van der Waals surface area (Å²) in [4.78, 5) is 16.1. The summed E-state index contributed by atoms with van der Waals surface area (Å²) in [5.74, 6) is 1.60. The maximum atomic E-state index is 12.6. The molecule has 0 N–H and O–H groups in total. The van der Waals surface area contributed by atoms with Crippen LogP contribution in [-0.2, 0) is 10.0 Å². The van der Waals surface area contributed by atoms with E-state index in [-0.39, 0.29) is 4.90 Å². The summed E-state index contributed by atoms with van der Waals surface area (Å²) in [5, 5.41) is 3.50. The second-order valence-corrected chi connectivity index (χ2v) is 9.15. The summed E-state index contributed by atoms with van der Waals surface area (Å²) in [5.41, 5.74) is 0.915. The van der Waals surface area contributed by atoms with Crippen LogP contribution in [0.2, 0.25) is 0 Å². The molecule has 28 heavy (non-hydrogen) atoms. The molecule has 10 nitrogen and oxygen atoms in total. The number of likely N-dealkylation sites (N-methyl/N-ethyl adjacent to an activating group) is 1. The number of piperazine rings is 2. The first-order valence-electron chi connectivity index (χ1n) is 9.37. The Balaban J connectivity index is 1.46. The van der Waals surface area contributed by atoms with Gasteiger partial charge in [0.15, 0.2) is 0 Å². The van der Waals surface area contributed by atoms with E-state index >= 15 is 0 Å². The summed E-state index contributed by atoms with van der Waals surface area (Å²) in [6.07, 6.45) is 2.39. The minimum atomic E-state index is -3.57. The topological polar surface area (TPSA) is 98.9 Å². The lowest BCUT2D eigenvalue weighted by Crippen LogP contribution is -2.49. The molecule has 2 aromatic rings. The molecule has 0 aliphatic carbocycles. The molecule has 0 radical (unpaired) electrons. The Bertz CT molecular complexity index is 903. The highest BCUT2D eigenvalue weighted by atomic mass is 32.2. The van der Waals surface area contributed by atoms with E-state index in [1.807, 2.05) is 17.9 Å². The van der Waals surface area contributed by atoms with E-state index in [9.17, 15) is 8.42 Å². The molecule has 152 valence electrons. The minimum absolute atomic E-state index is 0.0881. The van der Waals surface area contributed by atoms with Crippen molar-refractivity contribution in [2.24, 2.45) is 0 Å². The normalized spacial score (nSPS) is 19.9. The highest BCUT2D eigenvalue weighted by Crippen LogP contribution is 2.22. The molecule has 0 amide bonds. The number of rotatable bonds is 4. The van der Waals surface area contributed by atoms with Crippen LogP contribution in [0.3, 0.4) is 0 Å². The third kappa shape index (κ3) is 3.82. The Morgan fingerprint density at radius 1 is 0.964 bits per heavy atom. The van der Waals surface area contributed by atoms with Crippen molar-refractivity contribution in [3.8, 4) is 0 Å². The number of anilines is 2. The fourth-order valence-corrected chi connectivity index (χ4v) is 4.76. The molecule has 0 spiro atoms. The Morgan fingerprint density at radius 3 is 2.29 bits per heavy atom. The quantitative estimate of drug-likeness (QED) is 0.695. The van der Waals surface area contributed by atoms with Crippen LogP contribution in [0.1, 0.15) is 5.69 Å². The largest absolute Gasteiger partial charge is 0.363 e.